The van der Waals surface area contributed by atoms with Crippen molar-refractivity contribution in [2.75, 3.05) is 0 Å². The van der Waals surface area contributed by atoms with E-state index in [1.54, 1.807) is 18.2 Å². The van der Waals surface area contributed by atoms with Gasteiger partial charge >= 0.3 is 53.9 Å². The number of nitrogens with zero attached hydrogens (tertiary/aromatic N) is 3. The van der Waals surface area contributed by atoms with Crippen LogP contribution in [0, 0.1) is 0 Å². The predicted molar refractivity (Wildman–Crippen MR) is 128 cm³/mol. The Morgan fingerprint density at radius 3 is 1.31 bits per heavy atom. The molecule has 3 nitrogen and oxygen atoms in total. The molecule has 0 atom stereocenters. The zero-order valence-electron chi connectivity index (χ0n) is 18.5. The van der Waals surface area contributed by atoms with Crippen molar-refractivity contribution < 1.29 is 37.7 Å². The first-order chi connectivity index (χ1) is 16.7. The van der Waals surface area contributed by atoms with Gasteiger partial charge in [0.05, 0.1) is 45.3 Å². The van der Waals surface area contributed by atoms with Crippen LogP contribution in [-0.4, -0.2) is 16.4 Å². The monoisotopic (exact) mass is 606 g/mol. The molecule has 0 aliphatic heterocycles. The number of aliphatic imine (C=N–C) groups is 2. The molecular weight excluding hydrogens is 591 g/mol. The Morgan fingerprint density at radius 2 is 0.972 bits per heavy atom. The van der Waals surface area contributed by atoms with Gasteiger partial charge in [0.25, 0.3) is 0 Å². The zero-order valence-corrected chi connectivity index (χ0v) is 22.0. The molecule has 13 heteroatoms. The third kappa shape index (κ3) is 9.09. The normalized spacial score (nSPS) is 12.9. The molecule has 1 heterocycles. The van der Waals surface area contributed by atoms with E-state index in [4.69, 9.17) is 30.1 Å². The predicted octanol–water partition coefficient (Wildman–Crippen LogP) is 9.47. The molecule has 193 valence electrons. The van der Waals surface area contributed by atoms with Gasteiger partial charge in [0, 0.05) is 0 Å². The van der Waals surface area contributed by atoms with Crippen molar-refractivity contribution in [1.29, 1.82) is 0 Å². The topological polar surface area (TPSA) is 37.6 Å². The van der Waals surface area contributed by atoms with E-state index in [0.717, 1.165) is 12.1 Å². The fourth-order valence-electron chi connectivity index (χ4n) is 2.94. The van der Waals surface area contributed by atoms with Crippen molar-refractivity contribution >= 4 is 52.9 Å². The molecule has 0 saturated carbocycles. The average Bonchev–Trinajstić information content (AvgIpc) is 2.78. The van der Waals surface area contributed by atoms with Gasteiger partial charge in [0.15, 0.2) is 0 Å². The number of hydrogen-bond acceptors (Lipinski definition) is 3. The first kappa shape index (κ1) is 30.1. The Hall–Kier alpha value is -2.09. The fourth-order valence-corrected chi connectivity index (χ4v) is 2.94. The van der Waals surface area contributed by atoms with Gasteiger partial charge in [-0.15, -0.1) is 0 Å². The Balaban J connectivity index is 0.00000106. The van der Waals surface area contributed by atoms with Crippen molar-refractivity contribution in [3.8, 4) is 0 Å². The van der Waals surface area contributed by atoms with Gasteiger partial charge in [-0.1, -0.05) is 30.3 Å². The SMILES string of the molecule is CC(=Nc1ccccc1C(F)(F)F)c1cccc(C(C)=Nc2ccccc2C(F)(F)F)n1.[Cl][Cr]([Cl])[Cl]. The molecule has 0 radical (unpaired) electrons. The van der Waals surface area contributed by atoms with Crippen LogP contribution in [0.2, 0.25) is 0 Å². The van der Waals surface area contributed by atoms with Crippen LogP contribution in [0.3, 0.4) is 0 Å². The van der Waals surface area contributed by atoms with E-state index in [-0.39, 0.29) is 34.2 Å². The summed E-state index contributed by atoms with van der Waals surface area (Å²) in [5.74, 6) is 0. The molecular formula is C23H17Cl3CrF6N3. The molecule has 0 N–H and O–H groups in total. The van der Waals surface area contributed by atoms with E-state index in [1.807, 2.05) is 0 Å². The Kier molecular flexibility index (Phi) is 10.8. The minimum atomic E-state index is -4.56. The zero-order chi connectivity index (χ0) is 27.1. The summed E-state index contributed by atoms with van der Waals surface area (Å²) in [4.78, 5) is 12.5. The molecule has 0 bridgehead atoms. The number of para-hydroxylation sites is 2. The first-order valence-corrected chi connectivity index (χ1v) is 15.1. The van der Waals surface area contributed by atoms with Gasteiger partial charge in [-0.05, 0) is 50.2 Å². The molecule has 0 amide bonds. The number of benzene rings is 2. The fraction of sp³-hybridized carbons (Fsp3) is 0.174. The van der Waals surface area contributed by atoms with E-state index >= 15 is 0 Å². The Morgan fingerprint density at radius 1 is 0.639 bits per heavy atom. The van der Waals surface area contributed by atoms with E-state index in [9.17, 15) is 26.3 Å². The van der Waals surface area contributed by atoms with Crippen LogP contribution in [0.5, 0.6) is 0 Å². The molecule has 0 spiro atoms. The molecule has 2 aromatic carbocycles. The van der Waals surface area contributed by atoms with E-state index < -0.39 is 34.9 Å². The summed E-state index contributed by atoms with van der Waals surface area (Å²) in [6.45, 7) is 3.01. The third-order valence-corrected chi connectivity index (χ3v) is 4.49. The number of aromatic nitrogens is 1. The van der Waals surface area contributed by atoms with Crippen LogP contribution >= 0.6 is 30.1 Å². The summed E-state index contributed by atoms with van der Waals surface area (Å²) >= 11 is -1.62. The second kappa shape index (κ2) is 12.9. The van der Waals surface area contributed by atoms with E-state index in [1.165, 1.54) is 50.2 Å². The van der Waals surface area contributed by atoms with Gasteiger partial charge in [0.2, 0.25) is 0 Å². The van der Waals surface area contributed by atoms with Gasteiger partial charge in [-0.2, -0.15) is 26.3 Å². The van der Waals surface area contributed by atoms with Gasteiger partial charge in [-0.3, -0.25) is 9.98 Å². The molecule has 1 aromatic heterocycles. The molecule has 0 aliphatic carbocycles. The number of alkyl halides is 6. The maximum atomic E-state index is 13.2. The summed E-state index contributed by atoms with van der Waals surface area (Å²) < 4.78 is 79.3. The van der Waals surface area contributed by atoms with Gasteiger partial charge < -0.3 is 0 Å². The summed E-state index contributed by atoms with van der Waals surface area (Å²) in [7, 11) is 14.8. The van der Waals surface area contributed by atoms with Crippen molar-refractivity contribution in [3.63, 3.8) is 0 Å². The van der Waals surface area contributed by atoms with E-state index in [0.29, 0.717) is 0 Å². The van der Waals surface area contributed by atoms with Crippen molar-refractivity contribution in [1.82, 2.24) is 4.98 Å². The molecule has 36 heavy (non-hydrogen) atoms. The first-order valence-electron chi connectivity index (χ1n) is 9.84. The number of halogens is 9. The molecule has 3 aromatic rings. The summed E-state index contributed by atoms with van der Waals surface area (Å²) in [6, 6.07) is 14.5. The molecule has 3 rings (SSSR count). The molecule has 0 unspecified atom stereocenters. The minimum absolute atomic E-state index is 0.215. The molecule has 0 saturated heterocycles. The van der Waals surface area contributed by atoms with Crippen molar-refractivity contribution in [2.24, 2.45) is 9.98 Å². The Bertz CT molecular complexity index is 1150. The Labute approximate surface area is 220 Å². The number of hydrogen-bond donors (Lipinski definition) is 0. The molecule has 0 fully saturated rings. The standard InChI is InChI=1S/C23H17F6N3.3ClH.Cr/c1-14(30-20-10-5-3-8-16(20)22(24,25)26)18-12-7-13-19(32-18)15(2)31-21-11-6-4-9-17(21)23(27,28)29;;;;/h3-13H,1-2H3;3*1H;/q;;;;+3/p-3. The number of rotatable bonds is 4. The van der Waals surface area contributed by atoms with E-state index in [2.05, 4.69) is 15.0 Å². The quantitative estimate of drug-likeness (QED) is 0.215. The summed E-state index contributed by atoms with van der Waals surface area (Å²) in [6.07, 6.45) is -9.13. The second-order valence-electron chi connectivity index (χ2n) is 7.01. The van der Waals surface area contributed by atoms with Gasteiger partial charge in [0.1, 0.15) is 0 Å². The van der Waals surface area contributed by atoms with Crippen LogP contribution in [0.4, 0.5) is 37.7 Å². The average molecular weight is 608 g/mol. The molecule has 0 aliphatic rings. The van der Waals surface area contributed by atoms with Crippen LogP contribution < -0.4 is 0 Å². The third-order valence-electron chi connectivity index (χ3n) is 4.49. The summed E-state index contributed by atoms with van der Waals surface area (Å²) in [5.41, 5.74) is -1.28. The summed E-state index contributed by atoms with van der Waals surface area (Å²) in [5, 5.41) is 0. The van der Waals surface area contributed by atoms with Crippen LogP contribution in [0.1, 0.15) is 36.4 Å². The van der Waals surface area contributed by atoms with Crippen LogP contribution in [0.25, 0.3) is 0 Å². The van der Waals surface area contributed by atoms with Crippen molar-refractivity contribution in [2.45, 2.75) is 26.2 Å². The van der Waals surface area contributed by atoms with Crippen LogP contribution in [0.15, 0.2) is 76.7 Å². The maximum absolute atomic E-state index is 13.2. The van der Waals surface area contributed by atoms with Crippen LogP contribution in [-0.2, 0) is 23.7 Å². The second-order valence-corrected chi connectivity index (χ2v) is 13.3. The van der Waals surface area contributed by atoms with Crippen molar-refractivity contribution in [3.05, 3.63) is 89.2 Å². The number of pyridine rings is 1. The van der Waals surface area contributed by atoms with Gasteiger partial charge in [-0.25, -0.2) is 4.98 Å².